The minimum Gasteiger partial charge on any atom is -0.284 e. The van der Waals surface area contributed by atoms with Crippen molar-refractivity contribution >= 4 is 33.4 Å². The second-order valence-electron chi connectivity index (χ2n) is 6.81. The van der Waals surface area contributed by atoms with Crippen LogP contribution in [0, 0.1) is 17.0 Å². The number of benzene rings is 2. The van der Waals surface area contributed by atoms with E-state index in [0.717, 1.165) is 5.56 Å². The van der Waals surface area contributed by atoms with Gasteiger partial charge in [-0.15, -0.1) is 0 Å². The summed E-state index contributed by atoms with van der Waals surface area (Å²) in [5.41, 5.74) is 6.57. The predicted octanol–water partition coefficient (Wildman–Crippen LogP) is -0.473. The second kappa shape index (κ2) is 8.52. The minimum atomic E-state index is -4.26. The first-order valence-corrected chi connectivity index (χ1v) is 10.5. The van der Waals surface area contributed by atoms with Crippen molar-refractivity contribution < 1.29 is 32.9 Å². The van der Waals surface area contributed by atoms with E-state index in [1.807, 2.05) is 0 Å². The Bertz CT molecular complexity index is 1180. The van der Waals surface area contributed by atoms with Gasteiger partial charge < -0.3 is 0 Å². The number of nitrogens with one attached hydrogen (secondary N) is 1. The quantitative estimate of drug-likeness (QED) is 0.197. The maximum Gasteiger partial charge on any atom is 0.380 e. The van der Waals surface area contributed by atoms with E-state index < -0.39 is 32.9 Å². The molecule has 0 spiro atoms. The average Bonchev–Trinajstić information content (AvgIpc) is 3.14. The van der Waals surface area contributed by atoms with E-state index in [9.17, 15) is 28.1 Å². The number of sulfonamides is 1. The van der Waals surface area contributed by atoms with Crippen molar-refractivity contribution in [1.29, 1.82) is 0 Å². The highest BCUT2D eigenvalue weighted by atomic mass is 32.2. The van der Waals surface area contributed by atoms with Crippen molar-refractivity contribution in [3.63, 3.8) is 0 Å². The first-order chi connectivity index (χ1) is 14.6. The SMILES string of the molecule is Cc1ccc(S(=O)(=O)N2C(=O)CC[C@@H]2C(=O)O[NH+]=C(N)c2cccc([N+](=O)[O-])c2)cc1. The van der Waals surface area contributed by atoms with Gasteiger partial charge in [-0.25, -0.2) is 17.5 Å². The third-order valence-electron chi connectivity index (χ3n) is 4.64. The number of nitrogens with two attached hydrogens (primary N) is 1. The molecule has 2 aromatic rings. The molecule has 1 amide bonds. The van der Waals surface area contributed by atoms with Gasteiger partial charge in [0, 0.05) is 18.6 Å². The van der Waals surface area contributed by atoms with Crippen LogP contribution in [0.25, 0.3) is 0 Å². The summed E-state index contributed by atoms with van der Waals surface area (Å²) in [4.78, 5) is 39.8. The lowest BCUT2D eigenvalue weighted by atomic mass is 10.2. The first kappa shape index (κ1) is 21.9. The lowest BCUT2D eigenvalue weighted by Gasteiger charge is -2.21. The van der Waals surface area contributed by atoms with Gasteiger partial charge in [-0.05, 0) is 31.5 Å². The molecule has 0 aliphatic carbocycles. The molecule has 3 rings (SSSR count). The van der Waals surface area contributed by atoms with E-state index in [0.29, 0.717) is 4.31 Å². The van der Waals surface area contributed by atoms with Gasteiger partial charge in [-0.3, -0.25) is 25.5 Å². The van der Waals surface area contributed by atoms with Gasteiger partial charge >= 0.3 is 11.8 Å². The fourth-order valence-electron chi connectivity index (χ4n) is 3.02. The summed E-state index contributed by atoms with van der Waals surface area (Å²) in [5, 5.41) is 13.0. The van der Waals surface area contributed by atoms with Crippen LogP contribution in [-0.2, 0) is 24.4 Å². The number of amides is 1. The van der Waals surface area contributed by atoms with Crippen LogP contribution in [0.4, 0.5) is 5.69 Å². The van der Waals surface area contributed by atoms with Crippen molar-refractivity contribution in [2.45, 2.75) is 30.7 Å². The Labute approximate surface area is 177 Å². The number of carbonyl (C=O) groups excluding carboxylic acids is 2. The summed E-state index contributed by atoms with van der Waals surface area (Å²) in [5.74, 6) is -1.96. The molecule has 0 unspecified atom stereocenters. The molecule has 1 atom stereocenters. The van der Waals surface area contributed by atoms with Crippen molar-refractivity contribution in [2.75, 3.05) is 0 Å². The summed E-state index contributed by atoms with van der Waals surface area (Å²) in [7, 11) is -4.26. The number of hydrogen-bond donors (Lipinski definition) is 2. The smallest absolute Gasteiger partial charge is 0.284 e. The fourth-order valence-corrected chi connectivity index (χ4v) is 4.61. The van der Waals surface area contributed by atoms with E-state index in [2.05, 4.69) is 5.16 Å². The number of nitrogen functional groups attached to an aromatic ring is 1. The highest BCUT2D eigenvalue weighted by Gasteiger charge is 2.45. The van der Waals surface area contributed by atoms with Gasteiger partial charge in [0.2, 0.25) is 5.91 Å². The molecule has 162 valence electrons. The number of amidine groups is 1. The standard InChI is InChI=1S/C19H18N4O7S/c1-12-5-7-15(8-6-12)31(28,29)22-16(9-10-17(22)24)19(25)30-21-18(20)13-3-2-4-14(11-13)23(26)27/h2-8,11,16H,9-10H2,1H3,(H2,20,21)/p+1/t16-/m1/s1. The third-order valence-corrected chi connectivity index (χ3v) is 6.48. The molecule has 0 radical (unpaired) electrons. The Kier molecular flexibility index (Phi) is 6.02. The molecule has 12 heteroatoms. The Hall–Kier alpha value is -3.80. The molecule has 3 N–H and O–H groups in total. The maximum atomic E-state index is 12.9. The number of rotatable bonds is 6. The molecule has 1 heterocycles. The second-order valence-corrected chi connectivity index (χ2v) is 8.62. The monoisotopic (exact) mass is 447 g/mol. The van der Waals surface area contributed by atoms with Crippen LogP contribution in [0.15, 0.2) is 53.4 Å². The summed E-state index contributed by atoms with van der Waals surface area (Å²) >= 11 is 0. The molecule has 1 fully saturated rings. The lowest BCUT2D eigenvalue weighted by Crippen LogP contribution is -2.76. The van der Waals surface area contributed by atoms with Gasteiger partial charge in [-0.2, -0.15) is 0 Å². The van der Waals surface area contributed by atoms with E-state index in [1.165, 1.54) is 36.4 Å². The maximum absolute atomic E-state index is 12.9. The number of aryl methyl sites for hydroxylation is 1. The Morgan fingerprint density at radius 3 is 2.58 bits per heavy atom. The number of non-ortho nitro benzene ring substituents is 1. The van der Waals surface area contributed by atoms with E-state index in [1.54, 1.807) is 19.1 Å². The zero-order chi connectivity index (χ0) is 22.8. The van der Waals surface area contributed by atoms with Crippen LogP contribution >= 0.6 is 0 Å². The minimum absolute atomic E-state index is 0.0544. The highest BCUT2D eigenvalue weighted by molar-refractivity contribution is 7.89. The fraction of sp³-hybridized carbons (Fsp3) is 0.211. The normalized spacial score (nSPS) is 16.9. The van der Waals surface area contributed by atoms with Crippen LogP contribution in [0.5, 0.6) is 0 Å². The Morgan fingerprint density at radius 2 is 1.94 bits per heavy atom. The van der Waals surface area contributed by atoms with Crippen molar-refractivity contribution in [3.8, 4) is 0 Å². The third kappa shape index (κ3) is 4.53. The lowest BCUT2D eigenvalue weighted by molar-refractivity contribution is -0.724. The number of nitro benzene ring substituents is 1. The average molecular weight is 447 g/mol. The van der Waals surface area contributed by atoms with Crippen molar-refractivity contribution in [1.82, 2.24) is 4.31 Å². The van der Waals surface area contributed by atoms with Crippen LogP contribution < -0.4 is 10.9 Å². The first-order valence-electron chi connectivity index (χ1n) is 9.09. The molecule has 11 nitrogen and oxygen atoms in total. The molecule has 31 heavy (non-hydrogen) atoms. The highest BCUT2D eigenvalue weighted by Crippen LogP contribution is 2.27. The molecule has 2 aromatic carbocycles. The topological polar surface area (TPSA) is 164 Å². The van der Waals surface area contributed by atoms with Gasteiger partial charge in [0.1, 0.15) is 0 Å². The molecular weight excluding hydrogens is 428 g/mol. The number of nitro groups is 1. The van der Waals surface area contributed by atoms with Crippen LogP contribution in [0.3, 0.4) is 0 Å². The summed E-state index contributed by atoms with van der Waals surface area (Å²) in [6.07, 6.45) is -0.198. The van der Waals surface area contributed by atoms with Crippen LogP contribution in [0.1, 0.15) is 24.0 Å². The van der Waals surface area contributed by atoms with E-state index in [-0.39, 0.29) is 34.8 Å². The molecular formula is C19H19N4O7S+. The summed E-state index contributed by atoms with van der Waals surface area (Å²) in [6.45, 7) is 1.78. The summed E-state index contributed by atoms with van der Waals surface area (Å²) in [6, 6.07) is 9.78. The zero-order valence-electron chi connectivity index (χ0n) is 16.3. The number of carbonyl (C=O) groups is 2. The molecule has 1 aliphatic rings. The largest absolute Gasteiger partial charge is 0.380 e. The summed E-state index contributed by atoms with van der Waals surface area (Å²) < 4.78 is 26.3. The van der Waals surface area contributed by atoms with E-state index in [4.69, 9.17) is 10.6 Å². The predicted molar refractivity (Wildman–Crippen MR) is 107 cm³/mol. The van der Waals surface area contributed by atoms with Gasteiger partial charge in [0.25, 0.3) is 15.7 Å². The van der Waals surface area contributed by atoms with Gasteiger partial charge in [-0.1, -0.05) is 28.9 Å². The van der Waals surface area contributed by atoms with Crippen LogP contribution in [0.2, 0.25) is 0 Å². The van der Waals surface area contributed by atoms with Gasteiger partial charge in [0.05, 0.1) is 15.4 Å². The van der Waals surface area contributed by atoms with Crippen LogP contribution in [-0.4, -0.2) is 41.4 Å². The number of nitrogens with zero attached hydrogens (tertiary/aromatic N) is 2. The van der Waals surface area contributed by atoms with Crippen molar-refractivity contribution in [2.24, 2.45) is 5.73 Å². The van der Waals surface area contributed by atoms with Gasteiger partial charge in [0.15, 0.2) is 6.04 Å². The Balaban J connectivity index is 1.81. The zero-order valence-corrected chi connectivity index (χ0v) is 17.2. The number of hydrogen-bond acceptors (Lipinski definition) is 7. The van der Waals surface area contributed by atoms with E-state index >= 15 is 0 Å². The van der Waals surface area contributed by atoms with Crippen molar-refractivity contribution in [3.05, 3.63) is 69.8 Å². The molecule has 0 aromatic heterocycles. The molecule has 1 saturated heterocycles. The Morgan fingerprint density at radius 1 is 1.26 bits per heavy atom. The molecule has 0 bridgehead atoms. The molecule has 1 aliphatic heterocycles. The molecule has 0 saturated carbocycles.